The van der Waals surface area contributed by atoms with Crippen molar-refractivity contribution in [2.75, 3.05) is 13.2 Å². The highest BCUT2D eigenvalue weighted by Gasteiger charge is 2.18. The molecule has 22 heavy (non-hydrogen) atoms. The van der Waals surface area contributed by atoms with Crippen molar-refractivity contribution >= 4 is 12.1 Å². The van der Waals surface area contributed by atoms with Crippen molar-refractivity contribution in [1.29, 1.82) is 0 Å². The van der Waals surface area contributed by atoms with Crippen molar-refractivity contribution < 1.29 is 19.1 Å². The molecule has 122 valence electrons. The second-order valence-corrected chi connectivity index (χ2v) is 5.62. The molecule has 0 bridgehead atoms. The Morgan fingerprint density at radius 3 is 2.09 bits per heavy atom. The number of rotatable bonds is 6. The van der Waals surface area contributed by atoms with Crippen LogP contribution in [0.15, 0.2) is 18.2 Å². The van der Waals surface area contributed by atoms with Gasteiger partial charge in [-0.05, 0) is 29.9 Å². The van der Waals surface area contributed by atoms with Gasteiger partial charge in [-0.25, -0.2) is 4.79 Å². The maximum Gasteiger partial charge on any atom is 0.413 e. The number of hydrogen-bond donors (Lipinski definition) is 1. The highest BCUT2D eigenvalue weighted by atomic mass is 16.6. The van der Waals surface area contributed by atoms with E-state index in [2.05, 4.69) is 5.32 Å². The maximum absolute atomic E-state index is 11.9. The van der Waals surface area contributed by atoms with E-state index in [-0.39, 0.29) is 25.0 Å². The molecule has 0 saturated heterocycles. The van der Waals surface area contributed by atoms with E-state index in [4.69, 9.17) is 9.47 Å². The lowest BCUT2D eigenvalue weighted by atomic mass is 9.94. The van der Waals surface area contributed by atoms with Crippen molar-refractivity contribution in [1.82, 2.24) is 5.32 Å². The predicted octanol–water partition coefficient (Wildman–Crippen LogP) is 3.58. The van der Waals surface area contributed by atoms with Crippen LogP contribution in [0, 0.1) is 0 Å². The van der Waals surface area contributed by atoms with Crippen molar-refractivity contribution in [3.05, 3.63) is 29.3 Å². The van der Waals surface area contributed by atoms with Crippen LogP contribution in [-0.2, 0) is 9.53 Å². The number of hydrogen-bond acceptors (Lipinski definition) is 4. The molecule has 0 fully saturated rings. The Labute approximate surface area is 132 Å². The fourth-order valence-electron chi connectivity index (χ4n) is 2.09. The third-order valence-electron chi connectivity index (χ3n) is 3.20. The molecule has 1 amide bonds. The van der Waals surface area contributed by atoms with Crippen LogP contribution in [0.4, 0.5) is 4.79 Å². The van der Waals surface area contributed by atoms with Crippen LogP contribution in [0.25, 0.3) is 0 Å². The van der Waals surface area contributed by atoms with Crippen molar-refractivity contribution in [2.24, 2.45) is 0 Å². The van der Waals surface area contributed by atoms with Gasteiger partial charge in [-0.2, -0.15) is 0 Å². The number of nitrogens with one attached hydrogen (secondary N) is 1. The summed E-state index contributed by atoms with van der Waals surface area (Å²) in [7, 11) is 0. The molecular weight excluding hydrogens is 282 g/mol. The van der Waals surface area contributed by atoms with Crippen LogP contribution in [0.2, 0.25) is 0 Å². The SMILES string of the molecule is CCOC(=O)CNC(=O)Oc1c(C(C)C)cccc1C(C)C. The number of amides is 1. The zero-order valence-electron chi connectivity index (χ0n) is 13.9. The molecule has 1 rings (SSSR count). The molecule has 0 heterocycles. The minimum Gasteiger partial charge on any atom is -0.465 e. The lowest BCUT2D eigenvalue weighted by Crippen LogP contribution is -2.33. The smallest absolute Gasteiger partial charge is 0.413 e. The number of para-hydroxylation sites is 1. The molecule has 0 aromatic heterocycles. The number of benzene rings is 1. The molecule has 0 saturated carbocycles. The normalized spacial score (nSPS) is 10.7. The van der Waals surface area contributed by atoms with Gasteiger partial charge in [0.2, 0.25) is 0 Å². The first-order valence-electron chi connectivity index (χ1n) is 7.60. The van der Waals surface area contributed by atoms with Gasteiger partial charge < -0.3 is 14.8 Å². The van der Waals surface area contributed by atoms with E-state index in [9.17, 15) is 9.59 Å². The van der Waals surface area contributed by atoms with Crippen molar-refractivity contribution in [3.8, 4) is 5.75 Å². The third-order valence-corrected chi connectivity index (χ3v) is 3.20. The van der Waals surface area contributed by atoms with E-state index in [1.54, 1.807) is 6.92 Å². The van der Waals surface area contributed by atoms with Crippen LogP contribution in [-0.4, -0.2) is 25.2 Å². The summed E-state index contributed by atoms with van der Waals surface area (Å²) in [4.78, 5) is 23.2. The molecule has 1 aromatic carbocycles. The predicted molar refractivity (Wildman–Crippen MR) is 85.3 cm³/mol. The minimum absolute atomic E-state index is 0.201. The van der Waals surface area contributed by atoms with E-state index in [1.807, 2.05) is 45.9 Å². The van der Waals surface area contributed by atoms with E-state index in [0.717, 1.165) is 11.1 Å². The molecule has 0 aliphatic heterocycles. The van der Waals surface area contributed by atoms with Gasteiger partial charge in [0.1, 0.15) is 12.3 Å². The Morgan fingerprint density at radius 2 is 1.64 bits per heavy atom. The second kappa shape index (κ2) is 8.41. The van der Waals surface area contributed by atoms with Gasteiger partial charge in [-0.15, -0.1) is 0 Å². The van der Waals surface area contributed by atoms with Gasteiger partial charge in [0, 0.05) is 0 Å². The first kappa shape index (κ1) is 18.0. The lowest BCUT2D eigenvalue weighted by molar-refractivity contribution is -0.141. The van der Waals surface area contributed by atoms with E-state index in [0.29, 0.717) is 5.75 Å². The molecule has 5 nitrogen and oxygen atoms in total. The average molecular weight is 307 g/mol. The summed E-state index contributed by atoms with van der Waals surface area (Å²) in [5, 5.41) is 2.41. The van der Waals surface area contributed by atoms with Crippen LogP contribution < -0.4 is 10.1 Å². The lowest BCUT2D eigenvalue weighted by Gasteiger charge is -2.18. The molecule has 0 atom stereocenters. The van der Waals surface area contributed by atoms with Crippen LogP contribution in [0.5, 0.6) is 5.75 Å². The summed E-state index contributed by atoms with van der Waals surface area (Å²) >= 11 is 0. The number of carbonyl (C=O) groups excluding carboxylic acids is 2. The zero-order valence-corrected chi connectivity index (χ0v) is 13.9. The Balaban J connectivity index is 2.86. The fraction of sp³-hybridized carbons (Fsp3) is 0.529. The van der Waals surface area contributed by atoms with Gasteiger partial charge >= 0.3 is 12.1 Å². The highest BCUT2D eigenvalue weighted by molar-refractivity contribution is 5.79. The summed E-state index contributed by atoms with van der Waals surface area (Å²) in [6.07, 6.45) is -0.650. The average Bonchev–Trinajstić information content (AvgIpc) is 2.45. The monoisotopic (exact) mass is 307 g/mol. The molecular formula is C17H25NO4. The summed E-state index contributed by atoms with van der Waals surface area (Å²) in [5.41, 5.74) is 1.94. The van der Waals surface area contributed by atoms with Crippen molar-refractivity contribution in [3.63, 3.8) is 0 Å². The van der Waals surface area contributed by atoms with Crippen LogP contribution >= 0.6 is 0 Å². The van der Waals surface area contributed by atoms with Crippen LogP contribution in [0.3, 0.4) is 0 Å². The number of esters is 1. The first-order chi connectivity index (χ1) is 10.4. The maximum atomic E-state index is 11.9. The molecule has 1 N–H and O–H groups in total. The molecule has 0 unspecified atom stereocenters. The van der Waals surface area contributed by atoms with E-state index >= 15 is 0 Å². The molecule has 0 radical (unpaired) electrons. The van der Waals surface area contributed by atoms with Crippen LogP contribution in [0.1, 0.15) is 57.6 Å². The summed E-state index contributed by atoms with van der Waals surface area (Å²) in [6, 6.07) is 5.86. The number of ether oxygens (including phenoxy) is 2. The Bertz CT molecular complexity index is 497. The largest absolute Gasteiger partial charge is 0.465 e. The van der Waals surface area contributed by atoms with Crippen molar-refractivity contribution in [2.45, 2.75) is 46.5 Å². The van der Waals surface area contributed by atoms with E-state index < -0.39 is 12.1 Å². The molecule has 0 spiro atoms. The Hall–Kier alpha value is -2.04. The summed E-state index contributed by atoms with van der Waals surface area (Å²) in [6.45, 7) is 9.97. The van der Waals surface area contributed by atoms with Gasteiger partial charge in [0.25, 0.3) is 0 Å². The molecule has 0 aliphatic rings. The quantitative estimate of drug-likeness (QED) is 0.816. The summed E-state index contributed by atoms with van der Waals surface area (Å²) in [5.74, 6) is 0.549. The molecule has 1 aromatic rings. The number of carbonyl (C=O) groups is 2. The Morgan fingerprint density at radius 1 is 1.09 bits per heavy atom. The van der Waals surface area contributed by atoms with Gasteiger partial charge in [0.05, 0.1) is 6.61 Å². The third kappa shape index (κ3) is 5.06. The highest BCUT2D eigenvalue weighted by Crippen LogP contribution is 2.34. The zero-order chi connectivity index (χ0) is 16.7. The topological polar surface area (TPSA) is 64.6 Å². The Kier molecular flexibility index (Phi) is 6.89. The van der Waals surface area contributed by atoms with Gasteiger partial charge in [-0.1, -0.05) is 45.9 Å². The van der Waals surface area contributed by atoms with Gasteiger partial charge in [0.15, 0.2) is 0 Å². The standard InChI is InChI=1S/C17H25NO4/c1-6-21-15(19)10-18-17(20)22-16-13(11(2)3)8-7-9-14(16)12(4)5/h7-9,11-12H,6,10H2,1-5H3,(H,18,20). The minimum atomic E-state index is -0.650. The molecule has 5 heteroatoms. The van der Waals surface area contributed by atoms with Gasteiger partial charge in [-0.3, -0.25) is 4.79 Å². The second-order valence-electron chi connectivity index (χ2n) is 5.62. The molecule has 0 aliphatic carbocycles. The summed E-state index contributed by atoms with van der Waals surface area (Å²) < 4.78 is 10.2. The first-order valence-corrected chi connectivity index (χ1v) is 7.60. The van der Waals surface area contributed by atoms with E-state index in [1.165, 1.54) is 0 Å². The fourth-order valence-corrected chi connectivity index (χ4v) is 2.09.